The molecule has 1 saturated carbocycles. The van der Waals surface area contributed by atoms with Crippen LogP contribution in [0.2, 0.25) is 0 Å². The number of nitrogens with two attached hydrogens (primary N) is 1. The zero-order valence-corrected chi connectivity index (χ0v) is 23.4. The Balaban J connectivity index is 1.41. The van der Waals surface area contributed by atoms with E-state index in [1.54, 1.807) is 36.1 Å². The van der Waals surface area contributed by atoms with Crippen LogP contribution >= 0.6 is 0 Å². The highest BCUT2D eigenvalue weighted by Gasteiger charge is 2.27. The molecule has 0 radical (unpaired) electrons. The van der Waals surface area contributed by atoms with Gasteiger partial charge in [-0.05, 0) is 73.4 Å². The molecule has 0 spiro atoms. The smallest absolute Gasteiger partial charge is 0.280 e. The number of halogens is 1. The summed E-state index contributed by atoms with van der Waals surface area (Å²) >= 11 is 0. The highest BCUT2D eigenvalue weighted by Crippen LogP contribution is 2.42. The van der Waals surface area contributed by atoms with Gasteiger partial charge in [0.2, 0.25) is 0 Å². The fraction of sp³-hybridized carbons (Fsp3) is 0.188. The van der Waals surface area contributed by atoms with Crippen LogP contribution in [0.3, 0.4) is 0 Å². The zero-order valence-electron chi connectivity index (χ0n) is 23.4. The largest absolute Gasteiger partial charge is 0.352 e. The number of pyridine rings is 3. The van der Waals surface area contributed by atoms with Gasteiger partial charge in [-0.2, -0.15) is 5.26 Å². The second-order valence-electron chi connectivity index (χ2n) is 10.9. The van der Waals surface area contributed by atoms with Crippen LogP contribution in [0.1, 0.15) is 53.1 Å². The molecule has 6 aromatic rings. The Morgan fingerprint density at radius 2 is 1.95 bits per heavy atom. The minimum atomic E-state index is -0.618. The van der Waals surface area contributed by atoms with Crippen LogP contribution in [0.15, 0.2) is 71.9 Å². The molecule has 1 unspecified atom stereocenters. The van der Waals surface area contributed by atoms with Crippen molar-refractivity contribution in [2.24, 2.45) is 12.8 Å². The molecule has 11 heteroatoms. The van der Waals surface area contributed by atoms with E-state index in [9.17, 15) is 14.4 Å². The number of aromatic nitrogens is 7. The molecular formula is C32H26FN9O. The lowest BCUT2D eigenvalue weighted by Crippen LogP contribution is -2.20. The number of nitrogens with zero attached hydrogens (tertiary/aromatic N) is 7. The molecule has 1 aliphatic rings. The monoisotopic (exact) mass is 571 g/mol. The van der Waals surface area contributed by atoms with Gasteiger partial charge in [-0.1, -0.05) is 12.1 Å². The molecule has 43 heavy (non-hydrogen) atoms. The Labute approximate surface area is 245 Å². The summed E-state index contributed by atoms with van der Waals surface area (Å²) in [5.74, 6) is 0.714. The van der Waals surface area contributed by atoms with E-state index >= 15 is 0 Å². The fourth-order valence-corrected chi connectivity index (χ4v) is 5.44. The van der Waals surface area contributed by atoms with Gasteiger partial charge in [-0.25, -0.2) is 9.37 Å². The molecule has 1 atom stereocenters. The van der Waals surface area contributed by atoms with Gasteiger partial charge >= 0.3 is 0 Å². The van der Waals surface area contributed by atoms with Crippen molar-refractivity contribution in [3.63, 3.8) is 0 Å². The summed E-state index contributed by atoms with van der Waals surface area (Å²) in [4.78, 5) is 26.5. The summed E-state index contributed by atoms with van der Waals surface area (Å²) < 4.78 is 17.6. The number of hydrogen-bond acceptors (Lipinski definition) is 7. The average Bonchev–Trinajstić information content (AvgIpc) is 3.62. The Kier molecular flexibility index (Phi) is 6.22. The molecule has 212 valence electrons. The van der Waals surface area contributed by atoms with Gasteiger partial charge in [0.25, 0.3) is 5.56 Å². The lowest BCUT2D eigenvalue weighted by atomic mass is 9.98. The number of fused-ring (bicyclic) bond motifs is 1. The van der Waals surface area contributed by atoms with Crippen LogP contribution in [-0.4, -0.2) is 34.3 Å². The highest BCUT2D eigenvalue weighted by atomic mass is 19.1. The third kappa shape index (κ3) is 4.67. The van der Waals surface area contributed by atoms with Gasteiger partial charge in [0.15, 0.2) is 5.82 Å². The van der Waals surface area contributed by atoms with Crippen molar-refractivity contribution < 1.29 is 4.39 Å². The number of benzene rings is 1. The summed E-state index contributed by atoms with van der Waals surface area (Å²) in [5, 5.41) is 18.7. The molecule has 0 bridgehead atoms. The Morgan fingerprint density at radius 1 is 1.12 bits per heavy atom. The van der Waals surface area contributed by atoms with Gasteiger partial charge in [-0.15, -0.1) is 10.2 Å². The molecule has 1 aliphatic carbocycles. The lowest BCUT2D eigenvalue weighted by molar-refractivity contribution is 0.628. The van der Waals surface area contributed by atoms with E-state index < -0.39 is 11.9 Å². The van der Waals surface area contributed by atoms with E-state index in [1.807, 2.05) is 31.2 Å². The molecule has 0 aliphatic heterocycles. The van der Waals surface area contributed by atoms with Crippen molar-refractivity contribution in [3.05, 3.63) is 112 Å². The van der Waals surface area contributed by atoms with Crippen molar-refractivity contribution in [3.8, 4) is 34.4 Å². The number of hydrogen-bond donors (Lipinski definition) is 2. The predicted octanol–water partition coefficient (Wildman–Crippen LogP) is 4.82. The molecule has 1 aromatic carbocycles. The molecule has 5 aromatic heterocycles. The second-order valence-corrected chi connectivity index (χ2v) is 10.9. The number of aromatic amines is 1. The van der Waals surface area contributed by atoms with Crippen molar-refractivity contribution in [2.45, 2.75) is 31.7 Å². The zero-order chi connectivity index (χ0) is 29.8. The SMILES string of the molecule is Cc1cccc(C(N)c2cc3c(C#N)cn(-c4cc(-c5ccc(F)cc5-c5nncn5C)cc(C5CC5)n4)c(=O)c3[nH]2)n1. The second kappa shape index (κ2) is 10.1. The van der Waals surface area contributed by atoms with Gasteiger partial charge in [0, 0.05) is 47.2 Å². The third-order valence-electron chi connectivity index (χ3n) is 7.82. The van der Waals surface area contributed by atoms with E-state index in [-0.39, 0.29) is 17.0 Å². The van der Waals surface area contributed by atoms with Crippen molar-refractivity contribution in [2.75, 3.05) is 0 Å². The molecular weight excluding hydrogens is 545 g/mol. The minimum Gasteiger partial charge on any atom is -0.352 e. The molecule has 7 rings (SSSR count). The van der Waals surface area contributed by atoms with Crippen LogP contribution in [0.4, 0.5) is 4.39 Å². The predicted molar refractivity (Wildman–Crippen MR) is 159 cm³/mol. The minimum absolute atomic E-state index is 0.249. The first-order valence-electron chi connectivity index (χ1n) is 13.8. The van der Waals surface area contributed by atoms with Crippen molar-refractivity contribution >= 4 is 10.9 Å². The first-order chi connectivity index (χ1) is 20.8. The number of nitriles is 1. The topological polar surface area (TPSA) is 144 Å². The summed E-state index contributed by atoms with van der Waals surface area (Å²) in [5.41, 5.74) is 11.6. The van der Waals surface area contributed by atoms with E-state index in [2.05, 4.69) is 26.2 Å². The molecule has 0 amide bonds. The van der Waals surface area contributed by atoms with E-state index in [0.29, 0.717) is 39.5 Å². The van der Waals surface area contributed by atoms with Gasteiger partial charge in [0.1, 0.15) is 29.5 Å². The maximum absolute atomic E-state index is 14.5. The van der Waals surface area contributed by atoms with Crippen LogP contribution in [0, 0.1) is 24.1 Å². The summed E-state index contributed by atoms with van der Waals surface area (Å²) in [6, 6.07) is 17.2. The van der Waals surface area contributed by atoms with Crippen LogP contribution in [-0.2, 0) is 7.05 Å². The Morgan fingerprint density at radius 3 is 2.67 bits per heavy atom. The number of H-pyrrole nitrogens is 1. The van der Waals surface area contributed by atoms with E-state index in [4.69, 9.17) is 10.7 Å². The molecule has 1 fully saturated rings. The average molecular weight is 572 g/mol. The summed E-state index contributed by atoms with van der Waals surface area (Å²) in [7, 11) is 1.79. The standard InChI is InChI=1S/C32H26FN9O/c1-17-4-3-5-25(37-17)29(35)27-13-23-20(14-34)15-42(32(43)30(23)39-27)28-11-19(10-26(38-28)18-6-7-18)22-9-8-21(33)12-24(22)31-40-36-16-41(31)2/h3-5,8-13,15-16,18,29,39H,6-7,35H2,1-2H3. The first kappa shape index (κ1) is 26.4. The maximum atomic E-state index is 14.5. The number of rotatable bonds is 6. The van der Waals surface area contributed by atoms with Crippen LogP contribution < -0.4 is 11.3 Å². The van der Waals surface area contributed by atoms with Crippen LogP contribution in [0.25, 0.3) is 39.2 Å². The highest BCUT2D eigenvalue weighted by molar-refractivity contribution is 5.86. The van der Waals surface area contributed by atoms with E-state index in [0.717, 1.165) is 35.4 Å². The quantitative estimate of drug-likeness (QED) is 0.292. The molecule has 3 N–H and O–H groups in total. The van der Waals surface area contributed by atoms with E-state index in [1.165, 1.54) is 22.9 Å². The Bertz CT molecular complexity index is 2150. The normalized spacial score (nSPS) is 13.7. The maximum Gasteiger partial charge on any atom is 0.280 e. The molecule has 0 saturated heterocycles. The third-order valence-corrected chi connectivity index (χ3v) is 7.82. The van der Waals surface area contributed by atoms with Gasteiger partial charge in [-0.3, -0.25) is 14.3 Å². The summed E-state index contributed by atoms with van der Waals surface area (Å²) in [6.45, 7) is 1.88. The van der Waals surface area contributed by atoms with Gasteiger partial charge < -0.3 is 15.3 Å². The molecule has 5 heterocycles. The Hall–Kier alpha value is -5.47. The molecule has 10 nitrogen and oxygen atoms in total. The van der Waals surface area contributed by atoms with Crippen molar-refractivity contribution in [1.29, 1.82) is 5.26 Å². The summed E-state index contributed by atoms with van der Waals surface area (Å²) in [6.07, 6.45) is 5.03. The van der Waals surface area contributed by atoms with Crippen LogP contribution in [0.5, 0.6) is 0 Å². The van der Waals surface area contributed by atoms with Gasteiger partial charge in [0.05, 0.1) is 17.3 Å². The van der Waals surface area contributed by atoms with Crippen molar-refractivity contribution in [1.82, 2.24) is 34.3 Å². The number of nitrogens with one attached hydrogen (secondary N) is 1. The number of aryl methyl sites for hydroxylation is 2. The first-order valence-corrected chi connectivity index (χ1v) is 13.8. The lowest BCUT2D eigenvalue weighted by Gasteiger charge is -2.14. The fourth-order valence-electron chi connectivity index (χ4n) is 5.44.